The molecule has 5 heteroatoms. The molecule has 1 aromatic rings. The molecule has 128 valence electrons. The molecule has 0 bridgehead atoms. The lowest BCUT2D eigenvalue weighted by Crippen LogP contribution is -2.33. The van der Waals surface area contributed by atoms with Crippen LogP contribution >= 0.6 is 0 Å². The molecule has 0 aromatic heterocycles. The van der Waals surface area contributed by atoms with Crippen molar-refractivity contribution in [2.75, 3.05) is 11.5 Å². The average Bonchev–Trinajstić information content (AvgIpc) is 2.83. The zero-order valence-corrected chi connectivity index (χ0v) is 15.0. The van der Waals surface area contributed by atoms with Gasteiger partial charge < -0.3 is 5.32 Å². The summed E-state index contributed by atoms with van der Waals surface area (Å²) in [6.45, 7) is 6.28. The lowest BCUT2D eigenvalue weighted by Gasteiger charge is -2.24. The fraction of sp³-hybridized carbons (Fsp3) is 0.611. The molecule has 0 radical (unpaired) electrons. The number of rotatable bonds is 6. The number of hydrogen-bond acceptors (Lipinski definition) is 3. The smallest absolute Gasteiger partial charge is 0.220 e. The van der Waals surface area contributed by atoms with Crippen LogP contribution in [0.3, 0.4) is 0 Å². The Hall–Kier alpha value is -1.36. The van der Waals surface area contributed by atoms with Crippen LogP contribution in [0.4, 0.5) is 0 Å². The van der Waals surface area contributed by atoms with Gasteiger partial charge in [-0.3, -0.25) is 4.79 Å². The molecule has 0 spiro atoms. The van der Waals surface area contributed by atoms with E-state index in [0.29, 0.717) is 12.8 Å². The molecule has 1 aromatic carbocycles. The Morgan fingerprint density at radius 1 is 1.26 bits per heavy atom. The van der Waals surface area contributed by atoms with E-state index >= 15 is 0 Å². The molecule has 1 aliphatic heterocycles. The topological polar surface area (TPSA) is 63.2 Å². The van der Waals surface area contributed by atoms with Crippen molar-refractivity contribution in [3.8, 4) is 0 Å². The van der Waals surface area contributed by atoms with Gasteiger partial charge in [-0.25, -0.2) is 8.42 Å². The second-order valence-electron chi connectivity index (χ2n) is 6.86. The van der Waals surface area contributed by atoms with E-state index in [4.69, 9.17) is 0 Å². The molecule has 1 aliphatic rings. The van der Waals surface area contributed by atoms with Gasteiger partial charge in [0, 0.05) is 6.42 Å². The summed E-state index contributed by atoms with van der Waals surface area (Å²) in [5.41, 5.74) is 2.38. The summed E-state index contributed by atoms with van der Waals surface area (Å²) in [4.78, 5) is 12.3. The van der Waals surface area contributed by atoms with Crippen molar-refractivity contribution in [1.82, 2.24) is 5.32 Å². The lowest BCUT2D eigenvalue weighted by molar-refractivity contribution is -0.122. The fourth-order valence-electron chi connectivity index (χ4n) is 3.12. The Labute approximate surface area is 139 Å². The van der Waals surface area contributed by atoms with Gasteiger partial charge >= 0.3 is 0 Å². The number of aryl methyl sites for hydroxylation is 1. The number of amides is 1. The normalized spacial score (nSPS) is 21.3. The molecule has 23 heavy (non-hydrogen) atoms. The van der Waals surface area contributed by atoms with E-state index in [2.05, 4.69) is 50.4 Å². The highest BCUT2D eigenvalue weighted by molar-refractivity contribution is 7.91. The van der Waals surface area contributed by atoms with Crippen LogP contribution < -0.4 is 5.32 Å². The van der Waals surface area contributed by atoms with Crippen LogP contribution in [0.15, 0.2) is 24.3 Å². The van der Waals surface area contributed by atoms with E-state index < -0.39 is 9.84 Å². The number of carbonyl (C=O) groups excluding carboxylic acids is 1. The van der Waals surface area contributed by atoms with Crippen molar-refractivity contribution in [1.29, 1.82) is 0 Å². The van der Waals surface area contributed by atoms with E-state index in [9.17, 15) is 13.2 Å². The molecule has 4 nitrogen and oxygen atoms in total. The third kappa shape index (κ3) is 5.06. The third-order valence-corrected chi connectivity index (χ3v) is 6.37. The van der Waals surface area contributed by atoms with Crippen molar-refractivity contribution < 1.29 is 13.2 Å². The first-order valence-corrected chi connectivity index (χ1v) is 10.2. The summed E-state index contributed by atoms with van der Waals surface area (Å²) in [5.74, 6) is 0.564. The Bertz CT molecular complexity index is 635. The SMILES string of the molecule is CCc1ccc([C@H](NC(=O)C[C@H]2CCS(=O)(=O)C2)C(C)C)cc1. The minimum Gasteiger partial charge on any atom is -0.349 e. The summed E-state index contributed by atoms with van der Waals surface area (Å²) >= 11 is 0. The van der Waals surface area contributed by atoms with Crippen molar-refractivity contribution >= 4 is 15.7 Å². The summed E-state index contributed by atoms with van der Waals surface area (Å²) in [7, 11) is -2.93. The fourth-order valence-corrected chi connectivity index (χ4v) is 4.98. The highest BCUT2D eigenvalue weighted by Crippen LogP contribution is 2.25. The van der Waals surface area contributed by atoms with Crippen LogP contribution in [0.5, 0.6) is 0 Å². The molecule has 1 saturated heterocycles. The van der Waals surface area contributed by atoms with Gasteiger partial charge in [-0.1, -0.05) is 45.0 Å². The number of carbonyl (C=O) groups is 1. The maximum absolute atomic E-state index is 12.3. The van der Waals surface area contributed by atoms with Gasteiger partial charge in [-0.05, 0) is 35.8 Å². The summed E-state index contributed by atoms with van der Waals surface area (Å²) < 4.78 is 23.0. The molecule has 1 amide bonds. The van der Waals surface area contributed by atoms with Crippen LogP contribution in [0.1, 0.15) is 50.8 Å². The number of sulfone groups is 1. The first-order chi connectivity index (χ1) is 10.8. The molecule has 1 heterocycles. The van der Waals surface area contributed by atoms with Crippen LogP contribution in [0.2, 0.25) is 0 Å². The van der Waals surface area contributed by atoms with E-state index in [-0.39, 0.29) is 35.3 Å². The van der Waals surface area contributed by atoms with E-state index in [1.54, 1.807) is 0 Å². The zero-order chi connectivity index (χ0) is 17.0. The Morgan fingerprint density at radius 3 is 2.39 bits per heavy atom. The van der Waals surface area contributed by atoms with Crippen LogP contribution in [0, 0.1) is 11.8 Å². The maximum atomic E-state index is 12.3. The second-order valence-corrected chi connectivity index (χ2v) is 9.09. The molecule has 0 saturated carbocycles. The molecular weight excluding hydrogens is 310 g/mol. The average molecular weight is 337 g/mol. The van der Waals surface area contributed by atoms with Gasteiger partial charge in [0.2, 0.25) is 5.91 Å². The van der Waals surface area contributed by atoms with Gasteiger partial charge in [0.05, 0.1) is 17.5 Å². The second kappa shape index (κ2) is 7.47. The first kappa shape index (κ1) is 18.0. The predicted molar refractivity (Wildman–Crippen MR) is 92.9 cm³/mol. The molecular formula is C18H27NO3S. The molecule has 2 rings (SSSR count). The third-order valence-electron chi connectivity index (χ3n) is 4.53. The zero-order valence-electron chi connectivity index (χ0n) is 14.2. The van der Waals surface area contributed by atoms with Gasteiger partial charge in [0.25, 0.3) is 0 Å². The van der Waals surface area contributed by atoms with Gasteiger partial charge in [0.1, 0.15) is 0 Å². The molecule has 0 unspecified atom stereocenters. The first-order valence-electron chi connectivity index (χ1n) is 8.39. The van der Waals surface area contributed by atoms with Gasteiger partial charge in [-0.15, -0.1) is 0 Å². The summed E-state index contributed by atoms with van der Waals surface area (Å²) in [6, 6.07) is 8.31. The van der Waals surface area contributed by atoms with E-state index in [1.165, 1.54) is 5.56 Å². The quantitative estimate of drug-likeness (QED) is 0.868. The molecule has 0 aliphatic carbocycles. The van der Waals surface area contributed by atoms with Crippen LogP contribution in [-0.4, -0.2) is 25.8 Å². The molecule has 2 atom stereocenters. The monoisotopic (exact) mass is 337 g/mol. The highest BCUT2D eigenvalue weighted by Gasteiger charge is 2.30. The van der Waals surface area contributed by atoms with Crippen molar-refractivity contribution in [2.24, 2.45) is 11.8 Å². The number of nitrogens with one attached hydrogen (secondary N) is 1. The molecule has 1 N–H and O–H groups in total. The van der Waals surface area contributed by atoms with Crippen molar-refractivity contribution in [2.45, 2.75) is 46.1 Å². The minimum absolute atomic E-state index is 0.0321. The van der Waals surface area contributed by atoms with Crippen molar-refractivity contribution in [3.63, 3.8) is 0 Å². The summed E-state index contributed by atoms with van der Waals surface area (Å²) in [6.07, 6.45) is 1.90. The van der Waals surface area contributed by atoms with E-state index in [1.807, 2.05) is 0 Å². The molecule has 1 fully saturated rings. The Morgan fingerprint density at radius 2 is 1.91 bits per heavy atom. The standard InChI is InChI=1S/C18H27NO3S/c1-4-14-5-7-16(8-6-14)18(13(2)3)19-17(20)11-15-9-10-23(21,22)12-15/h5-8,13,15,18H,4,9-12H2,1-3H3,(H,19,20)/t15-,18-/m1/s1. The Kier molecular flexibility index (Phi) is 5.84. The lowest BCUT2D eigenvalue weighted by atomic mass is 9.94. The summed E-state index contributed by atoms with van der Waals surface area (Å²) in [5, 5.41) is 3.09. The van der Waals surface area contributed by atoms with E-state index in [0.717, 1.165) is 12.0 Å². The maximum Gasteiger partial charge on any atom is 0.220 e. The minimum atomic E-state index is -2.93. The van der Waals surface area contributed by atoms with Crippen LogP contribution in [-0.2, 0) is 21.1 Å². The van der Waals surface area contributed by atoms with Crippen molar-refractivity contribution in [3.05, 3.63) is 35.4 Å². The highest BCUT2D eigenvalue weighted by atomic mass is 32.2. The Balaban J connectivity index is 1.99. The number of hydrogen-bond donors (Lipinski definition) is 1. The van der Waals surface area contributed by atoms with Gasteiger partial charge in [-0.2, -0.15) is 0 Å². The van der Waals surface area contributed by atoms with Gasteiger partial charge in [0.15, 0.2) is 9.84 Å². The predicted octanol–water partition coefficient (Wildman–Crippen LogP) is 2.89. The number of benzene rings is 1. The largest absolute Gasteiger partial charge is 0.349 e. The van der Waals surface area contributed by atoms with Crippen LogP contribution in [0.25, 0.3) is 0 Å².